The molecule has 0 aliphatic heterocycles. The van der Waals surface area contributed by atoms with E-state index >= 15 is 0 Å². The first-order chi connectivity index (χ1) is 12.0. The normalized spacial score (nSPS) is 10.4. The Morgan fingerprint density at radius 3 is 2.68 bits per heavy atom. The molecule has 2 rings (SSSR count). The van der Waals surface area contributed by atoms with E-state index in [0.29, 0.717) is 10.8 Å². The van der Waals surface area contributed by atoms with E-state index in [2.05, 4.69) is 19.6 Å². The molecular formula is C20H23NO3S. The fourth-order valence-electron chi connectivity index (χ4n) is 2.46. The third-order valence-electron chi connectivity index (χ3n) is 3.95. The summed E-state index contributed by atoms with van der Waals surface area (Å²) in [5, 5.41) is 10.4. The van der Waals surface area contributed by atoms with Gasteiger partial charge in [0.25, 0.3) is 0 Å². The van der Waals surface area contributed by atoms with Crippen LogP contribution < -0.4 is 9.80 Å². The van der Waals surface area contributed by atoms with Crippen molar-refractivity contribution in [2.45, 2.75) is 26.9 Å². The zero-order valence-electron chi connectivity index (χ0n) is 14.8. The number of amides is 1. The second-order valence-electron chi connectivity index (χ2n) is 5.62. The zero-order valence-corrected chi connectivity index (χ0v) is 15.6. The van der Waals surface area contributed by atoms with Crippen molar-refractivity contribution in [3.63, 3.8) is 0 Å². The molecule has 4 nitrogen and oxygen atoms in total. The maximum Gasteiger partial charge on any atom is 0.309 e. The molecule has 0 aromatic heterocycles. The van der Waals surface area contributed by atoms with Crippen LogP contribution in [0.4, 0.5) is 10.5 Å². The smallest absolute Gasteiger partial charge is 0.309 e. The fraction of sp³-hybridized carbons (Fsp3) is 0.250. The summed E-state index contributed by atoms with van der Waals surface area (Å²) in [7, 11) is 0. The summed E-state index contributed by atoms with van der Waals surface area (Å²) in [5.74, 6) is 0.789. The summed E-state index contributed by atoms with van der Waals surface area (Å²) < 4.78 is 5.92. The van der Waals surface area contributed by atoms with Gasteiger partial charge in [-0.1, -0.05) is 55.6 Å². The summed E-state index contributed by atoms with van der Waals surface area (Å²) in [4.78, 5) is 11.8. The minimum atomic E-state index is -0.453. The maximum atomic E-state index is 11.8. The molecule has 1 amide bonds. The molecule has 0 spiro atoms. The lowest BCUT2D eigenvalue weighted by Crippen LogP contribution is -2.24. The molecular weight excluding hydrogens is 334 g/mol. The number of carbonyl (C=O) groups excluding carboxylic acids is 1. The Hall–Kier alpha value is -2.24. The van der Waals surface area contributed by atoms with Gasteiger partial charge in [0.2, 0.25) is 0 Å². The van der Waals surface area contributed by atoms with Gasteiger partial charge in [-0.25, -0.2) is 0 Å². The molecule has 0 radical (unpaired) electrons. The molecule has 0 saturated carbocycles. The lowest BCUT2D eigenvalue weighted by Gasteiger charge is -2.19. The van der Waals surface area contributed by atoms with Crippen LogP contribution in [-0.2, 0) is 13.0 Å². The predicted octanol–water partition coefficient (Wildman–Crippen LogP) is 5.46. The van der Waals surface area contributed by atoms with E-state index in [1.165, 1.54) is 5.56 Å². The van der Waals surface area contributed by atoms with Gasteiger partial charge in [-0.05, 0) is 48.4 Å². The van der Waals surface area contributed by atoms with Crippen LogP contribution >= 0.6 is 11.8 Å². The predicted molar refractivity (Wildman–Crippen MR) is 105 cm³/mol. The summed E-state index contributed by atoms with van der Waals surface area (Å²) >= 11 is 0.941. The third kappa shape index (κ3) is 4.65. The molecule has 0 saturated heterocycles. The maximum absolute atomic E-state index is 11.8. The highest BCUT2D eigenvalue weighted by atomic mass is 32.2. The Bertz CT molecular complexity index is 774. The van der Waals surface area contributed by atoms with Crippen LogP contribution in [0, 0.1) is 6.92 Å². The molecule has 2 aromatic rings. The molecule has 0 bridgehead atoms. The molecule has 5 heteroatoms. The van der Waals surface area contributed by atoms with Gasteiger partial charge in [-0.15, -0.1) is 0 Å². The van der Waals surface area contributed by atoms with E-state index < -0.39 is 5.24 Å². The topological polar surface area (TPSA) is 49.8 Å². The van der Waals surface area contributed by atoms with E-state index in [-0.39, 0.29) is 6.61 Å². The van der Waals surface area contributed by atoms with Crippen molar-refractivity contribution in [3.05, 3.63) is 65.2 Å². The Morgan fingerprint density at radius 1 is 1.32 bits per heavy atom. The van der Waals surface area contributed by atoms with Gasteiger partial charge in [-0.3, -0.25) is 10.0 Å². The number of carbonyl (C=O) groups is 1. The number of anilines is 1. The van der Waals surface area contributed by atoms with Crippen molar-refractivity contribution in [2.24, 2.45) is 0 Å². The molecule has 25 heavy (non-hydrogen) atoms. The van der Waals surface area contributed by atoms with E-state index in [1.54, 1.807) is 18.4 Å². The number of aryl methyl sites for hydroxylation is 2. The second kappa shape index (κ2) is 8.74. The standard InChI is InChI=1S/C20H23NO3S/c1-5-15-8-10-19(14(3)11-15)24-13-17-9-7-16(6-2)12-18(17)21(23)20(22)25-4/h6-12,23H,2,5,13H2,1,3-4H3. The average molecular weight is 357 g/mol. The van der Waals surface area contributed by atoms with Crippen LogP contribution in [0.5, 0.6) is 5.75 Å². The monoisotopic (exact) mass is 357 g/mol. The summed E-state index contributed by atoms with van der Waals surface area (Å²) in [6, 6.07) is 11.5. The number of ether oxygens (including phenoxy) is 1. The quantitative estimate of drug-likeness (QED) is 0.551. The first-order valence-corrected chi connectivity index (χ1v) is 9.27. The molecule has 2 aromatic carbocycles. The number of thioether (sulfide) groups is 1. The van der Waals surface area contributed by atoms with Crippen molar-refractivity contribution in [3.8, 4) is 5.75 Å². The molecule has 0 aliphatic rings. The van der Waals surface area contributed by atoms with Crippen LogP contribution in [0.2, 0.25) is 0 Å². The average Bonchev–Trinajstić information content (AvgIpc) is 2.65. The van der Waals surface area contributed by atoms with Crippen molar-refractivity contribution in [1.29, 1.82) is 0 Å². The minimum absolute atomic E-state index is 0.248. The highest BCUT2D eigenvalue weighted by molar-refractivity contribution is 8.13. The molecule has 132 valence electrons. The molecule has 0 aliphatic carbocycles. The van der Waals surface area contributed by atoms with Crippen LogP contribution in [0.1, 0.15) is 29.2 Å². The summed E-state index contributed by atoms with van der Waals surface area (Å²) in [5.41, 5.74) is 4.25. The van der Waals surface area contributed by atoms with Gasteiger partial charge in [0, 0.05) is 5.56 Å². The van der Waals surface area contributed by atoms with Gasteiger partial charge in [0.15, 0.2) is 0 Å². The Balaban J connectivity index is 2.26. The minimum Gasteiger partial charge on any atom is -0.489 e. The Kier molecular flexibility index (Phi) is 6.67. The van der Waals surface area contributed by atoms with Gasteiger partial charge < -0.3 is 4.74 Å². The molecule has 0 fully saturated rings. The number of hydroxylamine groups is 1. The SMILES string of the molecule is C=Cc1ccc(COc2ccc(CC)cc2C)c(N(O)C(=O)SC)c1. The first kappa shape index (κ1) is 19.1. The van der Waals surface area contributed by atoms with Crippen LogP contribution in [0.3, 0.4) is 0 Å². The highest BCUT2D eigenvalue weighted by Crippen LogP contribution is 2.27. The van der Waals surface area contributed by atoms with E-state index in [0.717, 1.165) is 40.6 Å². The molecule has 0 heterocycles. The number of hydrogen-bond acceptors (Lipinski definition) is 4. The summed E-state index contributed by atoms with van der Waals surface area (Å²) in [6.45, 7) is 8.09. The number of rotatable bonds is 6. The Labute approximate surface area is 153 Å². The Morgan fingerprint density at radius 2 is 2.08 bits per heavy atom. The van der Waals surface area contributed by atoms with Crippen molar-refractivity contribution in [1.82, 2.24) is 0 Å². The number of benzene rings is 2. The first-order valence-electron chi connectivity index (χ1n) is 8.04. The number of hydrogen-bond donors (Lipinski definition) is 1. The largest absolute Gasteiger partial charge is 0.489 e. The lowest BCUT2D eigenvalue weighted by atomic mass is 10.1. The van der Waals surface area contributed by atoms with Crippen LogP contribution in [0.15, 0.2) is 43.0 Å². The van der Waals surface area contributed by atoms with E-state index in [1.807, 2.05) is 31.2 Å². The van der Waals surface area contributed by atoms with Crippen molar-refractivity contribution < 1.29 is 14.7 Å². The van der Waals surface area contributed by atoms with Crippen LogP contribution in [0.25, 0.3) is 6.08 Å². The highest BCUT2D eigenvalue weighted by Gasteiger charge is 2.17. The number of nitrogens with zero attached hydrogens (tertiary/aromatic N) is 1. The second-order valence-corrected chi connectivity index (χ2v) is 6.37. The van der Waals surface area contributed by atoms with Gasteiger partial charge >= 0.3 is 5.24 Å². The third-order valence-corrected chi connectivity index (χ3v) is 4.47. The fourth-order valence-corrected chi connectivity index (χ4v) is 2.73. The summed E-state index contributed by atoms with van der Waals surface area (Å²) in [6.07, 6.45) is 4.27. The van der Waals surface area contributed by atoms with Crippen molar-refractivity contribution >= 4 is 28.8 Å². The van der Waals surface area contributed by atoms with Crippen LogP contribution in [-0.4, -0.2) is 16.7 Å². The zero-order chi connectivity index (χ0) is 18.4. The van der Waals surface area contributed by atoms with Gasteiger partial charge in [0.05, 0.1) is 5.69 Å². The molecule has 1 N–H and O–H groups in total. The molecule has 0 atom stereocenters. The molecule has 0 unspecified atom stereocenters. The van der Waals surface area contributed by atoms with Gasteiger partial charge in [-0.2, -0.15) is 5.06 Å². The lowest BCUT2D eigenvalue weighted by molar-refractivity contribution is 0.223. The van der Waals surface area contributed by atoms with Crippen molar-refractivity contribution in [2.75, 3.05) is 11.3 Å². The van der Waals surface area contributed by atoms with E-state index in [9.17, 15) is 10.0 Å². The van der Waals surface area contributed by atoms with Gasteiger partial charge in [0.1, 0.15) is 12.4 Å². The van der Waals surface area contributed by atoms with E-state index in [4.69, 9.17) is 4.74 Å².